The van der Waals surface area contributed by atoms with Crippen molar-refractivity contribution in [3.63, 3.8) is 0 Å². The number of aryl methyl sites for hydroxylation is 1. The van der Waals surface area contributed by atoms with Crippen LogP contribution in [-0.4, -0.2) is 24.5 Å². The molecule has 2 N–H and O–H groups in total. The lowest BCUT2D eigenvalue weighted by Crippen LogP contribution is -2.51. The molecular weight excluding hydrogens is 224 g/mol. The van der Waals surface area contributed by atoms with Crippen LogP contribution in [0.15, 0.2) is 24.3 Å². The van der Waals surface area contributed by atoms with Crippen molar-refractivity contribution in [2.24, 2.45) is 0 Å². The quantitative estimate of drug-likeness (QED) is 0.857. The van der Waals surface area contributed by atoms with Crippen LogP contribution in [0.3, 0.4) is 0 Å². The average molecular weight is 246 g/mol. The SMILES string of the molecule is CCc1ccc(C(=O)NC2CCCNC2C)cc1. The molecule has 18 heavy (non-hydrogen) atoms. The molecule has 1 fully saturated rings. The first-order valence-corrected chi connectivity index (χ1v) is 6.84. The van der Waals surface area contributed by atoms with Gasteiger partial charge in [0.2, 0.25) is 0 Å². The Morgan fingerprint density at radius 3 is 2.72 bits per heavy atom. The van der Waals surface area contributed by atoms with E-state index < -0.39 is 0 Å². The van der Waals surface area contributed by atoms with Gasteiger partial charge in [0.1, 0.15) is 0 Å². The fourth-order valence-corrected chi connectivity index (χ4v) is 2.38. The largest absolute Gasteiger partial charge is 0.348 e. The Morgan fingerprint density at radius 1 is 1.39 bits per heavy atom. The van der Waals surface area contributed by atoms with Gasteiger partial charge in [0.25, 0.3) is 5.91 Å². The highest BCUT2D eigenvalue weighted by Gasteiger charge is 2.22. The number of carbonyl (C=O) groups is 1. The first-order chi connectivity index (χ1) is 8.70. The smallest absolute Gasteiger partial charge is 0.251 e. The van der Waals surface area contributed by atoms with Gasteiger partial charge in [-0.25, -0.2) is 0 Å². The molecule has 1 aromatic carbocycles. The maximum atomic E-state index is 12.1. The Bertz CT molecular complexity index is 399. The van der Waals surface area contributed by atoms with E-state index in [2.05, 4.69) is 24.5 Å². The average Bonchev–Trinajstić information content (AvgIpc) is 2.41. The van der Waals surface area contributed by atoms with E-state index in [4.69, 9.17) is 0 Å². The Balaban J connectivity index is 1.97. The summed E-state index contributed by atoms with van der Waals surface area (Å²) in [6.07, 6.45) is 3.20. The van der Waals surface area contributed by atoms with Gasteiger partial charge in [0.15, 0.2) is 0 Å². The summed E-state index contributed by atoms with van der Waals surface area (Å²) >= 11 is 0. The zero-order chi connectivity index (χ0) is 13.0. The number of hydrogen-bond donors (Lipinski definition) is 2. The molecule has 1 amide bonds. The first kappa shape index (κ1) is 13.1. The minimum atomic E-state index is 0.0400. The van der Waals surface area contributed by atoms with Crippen LogP contribution >= 0.6 is 0 Å². The van der Waals surface area contributed by atoms with E-state index in [0.29, 0.717) is 6.04 Å². The third-order valence-electron chi connectivity index (χ3n) is 3.70. The van der Waals surface area contributed by atoms with Crippen molar-refractivity contribution in [1.82, 2.24) is 10.6 Å². The van der Waals surface area contributed by atoms with Gasteiger partial charge in [-0.1, -0.05) is 19.1 Å². The van der Waals surface area contributed by atoms with E-state index in [1.807, 2.05) is 24.3 Å². The number of benzene rings is 1. The molecule has 0 bridgehead atoms. The highest BCUT2D eigenvalue weighted by Crippen LogP contribution is 2.10. The lowest BCUT2D eigenvalue weighted by Gasteiger charge is -2.30. The van der Waals surface area contributed by atoms with Gasteiger partial charge < -0.3 is 10.6 Å². The minimum Gasteiger partial charge on any atom is -0.348 e. The van der Waals surface area contributed by atoms with Gasteiger partial charge >= 0.3 is 0 Å². The normalized spacial score (nSPS) is 23.7. The van der Waals surface area contributed by atoms with Crippen LogP contribution in [0, 0.1) is 0 Å². The minimum absolute atomic E-state index is 0.0400. The predicted octanol–water partition coefficient (Wildman–Crippen LogP) is 2.12. The fourth-order valence-electron chi connectivity index (χ4n) is 2.38. The molecule has 2 unspecified atom stereocenters. The molecule has 0 spiro atoms. The molecule has 1 aliphatic heterocycles. The van der Waals surface area contributed by atoms with Crippen molar-refractivity contribution in [3.05, 3.63) is 35.4 Å². The molecule has 0 radical (unpaired) electrons. The molecule has 3 heteroatoms. The summed E-state index contributed by atoms with van der Waals surface area (Å²) in [5.41, 5.74) is 2.02. The standard InChI is InChI=1S/C15H22N2O/c1-3-12-6-8-13(9-7-12)15(18)17-14-5-4-10-16-11(14)2/h6-9,11,14,16H,3-5,10H2,1-2H3,(H,17,18). The van der Waals surface area contributed by atoms with Crippen LogP contribution in [-0.2, 0) is 6.42 Å². The van der Waals surface area contributed by atoms with Crippen LogP contribution in [0.4, 0.5) is 0 Å². The van der Waals surface area contributed by atoms with E-state index >= 15 is 0 Å². The zero-order valence-electron chi connectivity index (χ0n) is 11.2. The molecule has 1 aliphatic rings. The number of rotatable bonds is 3. The van der Waals surface area contributed by atoms with E-state index in [-0.39, 0.29) is 11.9 Å². The van der Waals surface area contributed by atoms with E-state index in [0.717, 1.165) is 31.4 Å². The molecule has 0 aliphatic carbocycles. The molecule has 3 nitrogen and oxygen atoms in total. The third-order valence-corrected chi connectivity index (χ3v) is 3.70. The van der Waals surface area contributed by atoms with E-state index in [1.54, 1.807) is 0 Å². The summed E-state index contributed by atoms with van der Waals surface area (Å²) in [6.45, 7) is 5.30. The topological polar surface area (TPSA) is 41.1 Å². The van der Waals surface area contributed by atoms with Crippen LogP contribution in [0.1, 0.15) is 42.6 Å². The Kier molecular flexibility index (Phi) is 4.37. The van der Waals surface area contributed by atoms with Crippen molar-refractivity contribution in [3.8, 4) is 0 Å². The molecule has 1 heterocycles. The van der Waals surface area contributed by atoms with Crippen LogP contribution in [0.25, 0.3) is 0 Å². The van der Waals surface area contributed by atoms with Crippen molar-refractivity contribution in [1.29, 1.82) is 0 Å². The van der Waals surface area contributed by atoms with Crippen molar-refractivity contribution >= 4 is 5.91 Å². The summed E-state index contributed by atoms with van der Waals surface area (Å²) in [6, 6.07) is 8.48. The van der Waals surface area contributed by atoms with Crippen molar-refractivity contribution in [2.45, 2.75) is 45.2 Å². The van der Waals surface area contributed by atoms with Gasteiger partial charge in [-0.3, -0.25) is 4.79 Å². The molecule has 2 atom stereocenters. The molecule has 98 valence electrons. The Hall–Kier alpha value is -1.35. The van der Waals surface area contributed by atoms with Gasteiger partial charge in [0, 0.05) is 17.6 Å². The summed E-state index contributed by atoms with van der Waals surface area (Å²) in [5.74, 6) is 0.0400. The zero-order valence-corrected chi connectivity index (χ0v) is 11.2. The molecule has 0 saturated carbocycles. The second-order valence-corrected chi connectivity index (χ2v) is 5.02. The highest BCUT2D eigenvalue weighted by molar-refractivity contribution is 5.94. The van der Waals surface area contributed by atoms with Gasteiger partial charge in [-0.2, -0.15) is 0 Å². The first-order valence-electron chi connectivity index (χ1n) is 6.84. The summed E-state index contributed by atoms with van der Waals surface area (Å²) < 4.78 is 0. The molecule has 0 aromatic heterocycles. The third kappa shape index (κ3) is 3.10. The van der Waals surface area contributed by atoms with E-state index in [9.17, 15) is 4.79 Å². The summed E-state index contributed by atoms with van der Waals surface area (Å²) in [4.78, 5) is 12.1. The molecule has 2 rings (SSSR count). The summed E-state index contributed by atoms with van der Waals surface area (Å²) in [5, 5.41) is 6.51. The monoisotopic (exact) mass is 246 g/mol. The molecule has 1 aromatic rings. The Labute approximate surface area is 109 Å². The number of carbonyl (C=O) groups excluding carboxylic acids is 1. The van der Waals surface area contributed by atoms with Gasteiger partial charge in [-0.15, -0.1) is 0 Å². The fraction of sp³-hybridized carbons (Fsp3) is 0.533. The number of nitrogens with one attached hydrogen (secondary N) is 2. The maximum Gasteiger partial charge on any atom is 0.251 e. The summed E-state index contributed by atoms with van der Waals surface area (Å²) in [7, 11) is 0. The van der Waals surface area contributed by atoms with Crippen molar-refractivity contribution in [2.75, 3.05) is 6.54 Å². The predicted molar refractivity (Wildman–Crippen MR) is 73.8 cm³/mol. The second-order valence-electron chi connectivity index (χ2n) is 5.02. The Morgan fingerprint density at radius 2 is 2.11 bits per heavy atom. The molecule has 1 saturated heterocycles. The van der Waals surface area contributed by atoms with Crippen molar-refractivity contribution < 1.29 is 4.79 Å². The number of hydrogen-bond acceptors (Lipinski definition) is 2. The lowest BCUT2D eigenvalue weighted by molar-refractivity contribution is 0.0920. The van der Waals surface area contributed by atoms with Gasteiger partial charge in [-0.05, 0) is 50.4 Å². The van der Waals surface area contributed by atoms with E-state index in [1.165, 1.54) is 5.56 Å². The van der Waals surface area contributed by atoms with Crippen LogP contribution in [0.2, 0.25) is 0 Å². The number of amides is 1. The molecular formula is C15H22N2O. The second kappa shape index (κ2) is 6.01. The lowest BCUT2D eigenvalue weighted by atomic mass is 9.99. The number of piperidine rings is 1. The van der Waals surface area contributed by atoms with Crippen LogP contribution < -0.4 is 10.6 Å². The van der Waals surface area contributed by atoms with Crippen LogP contribution in [0.5, 0.6) is 0 Å². The van der Waals surface area contributed by atoms with Gasteiger partial charge in [0.05, 0.1) is 0 Å². The maximum absolute atomic E-state index is 12.1. The highest BCUT2D eigenvalue weighted by atomic mass is 16.1.